The van der Waals surface area contributed by atoms with E-state index in [1.54, 1.807) is 18.0 Å². The first-order chi connectivity index (χ1) is 16.7. The van der Waals surface area contributed by atoms with Gasteiger partial charge in [-0.3, -0.25) is 14.9 Å². The standard InChI is InChI=1S/C28H22N4OS/c33-28(17-20-7-2-1-3-8-20)30-22-10-6-11-23(18-22)34-24-13-14-25-26(31-32-27(25)19-24)15-12-21-9-4-5-16-29-21/h1-16,18-19H,17H2,(H,30,33)(H,31,32)/b15-12+. The fraction of sp³-hybridized carbons (Fsp3) is 0.0357. The molecule has 6 heteroatoms. The predicted octanol–water partition coefficient (Wildman–Crippen LogP) is 6.46. The van der Waals surface area contributed by atoms with Gasteiger partial charge < -0.3 is 5.32 Å². The second kappa shape index (κ2) is 10.2. The van der Waals surface area contributed by atoms with Crippen LogP contribution in [-0.4, -0.2) is 21.1 Å². The van der Waals surface area contributed by atoms with Crippen LogP contribution >= 0.6 is 11.8 Å². The van der Waals surface area contributed by atoms with E-state index in [0.717, 1.165) is 43.3 Å². The highest BCUT2D eigenvalue weighted by Gasteiger charge is 2.08. The third-order valence-corrected chi connectivity index (χ3v) is 6.20. The van der Waals surface area contributed by atoms with Crippen molar-refractivity contribution in [2.45, 2.75) is 16.2 Å². The van der Waals surface area contributed by atoms with E-state index < -0.39 is 0 Å². The molecule has 5 nitrogen and oxygen atoms in total. The van der Waals surface area contributed by atoms with Gasteiger partial charge in [-0.15, -0.1) is 0 Å². The van der Waals surface area contributed by atoms with Crippen molar-refractivity contribution >= 4 is 46.4 Å². The SMILES string of the molecule is O=C(Cc1ccccc1)Nc1cccc(Sc2ccc3c(/C=C/c4ccccn4)n[nH]c3c2)c1. The lowest BCUT2D eigenvalue weighted by Gasteiger charge is -2.08. The number of aromatic amines is 1. The largest absolute Gasteiger partial charge is 0.326 e. The molecule has 0 spiro atoms. The zero-order chi connectivity index (χ0) is 23.2. The second-order valence-corrected chi connectivity index (χ2v) is 8.89. The van der Waals surface area contributed by atoms with Crippen LogP contribution in [0.2, 0.25) is 0 Å². The molecule has 0 aliphatic heterocycles. The molecule has 0 saturated heterocycles. The Labute approximate surface area is 202 Å². The molecule has 5 aromatic rings. The van der Waals surface area contributed by atoms with E-state index in [2.05, 4.69) is 38.7 Å². The number of fused-ring (bicyclic) bond motifs is 1. The summed E-state index contributed by atoms with van der Waals surface area (Å²) in [7, 11) is 0. The van der Waals surface area contributed by atoms with E-state index in [-0.39, 0.29) is 5.91 Å². The van der Waals surface area contributed by atoms with Crippen molar-refractivity contribution in [1.82, 2.24) is 15.2 Å². The molecule has 0 bridgehead atoms. The lowest BCUT2D eigenvalue weighted by atomic mass is 10.1. The number of carbonyl (C=O) groups excluding carboxylic acids is 1. The molecular formula is C28H22N4OS. The van der Waals surface area contributed by atoms with Crippen molar-refractivity contribution in [3.05, 3.63) is 114 Å². The highest BCUT2D eigenvalue weighted by atomic mass is 32.2. The quantitative estimate of drug-likeness (QED) is 0.291. The van der Waals surface area contributed by atoms with E-state index in [4.69, 9.17) is 0 Å². The molecule has 34 heavy (non-hydrogen) atoms. The van der Waals surface area contributed by atoms with Crippen LogP contribution in [0, 0.1) is 0 Å². The maximum Gasteiger partial charge on any atom is 0.228 e. The first kappa shape index (κ1) is 21.7. The molecule has 0 saturated carbocycles. The second-order valence-electron chi connectivity index (χ2n) is 7.74. The van der Waals surface area contributed by atoms with Gasteiger partial charge in [-0.05, 0) is 66.2 Å². The Morgan fingerprint density at radius 2 is 1.74 bits per heavy atom. The number of nitrogens with one attached hydrogen (secondary N) is 2. The summed E-state index contributed by atoms with van der Waals surface area (Å²) in [6.07, 6.45) is 6.05. The van der Waals surface area contributed by atoms with Crippen LogP contribution in [-0.2, 0) is 11.2 Å². The molecule has 0 aliphatic rings. The fourth-order valence-electron chi connectivity index (χ4n) is 3.61. The van der Waals surface area contributed by atoms with Crippen LogP contribution in [0.25, 0.3) is 23.1 Å². The van der Waals surface area contributed by atoms with Crippen LogP contribution in [0.3, 0.4) is 0 Å². The molecular weight excluding hydrogens is 440 g/mol. The molecule has 2 N–H and O–H groups in total. The molecule has 0 unspecified atom stereocenters. The van der Waals surface area contributed by atoms with Crippen LogP contribution in [0.1, 0.15) is 17.0 Å². The van der Waals surface area contributed by atoms with Crippen LogP contribution in [0.5, 0.6) is 0 Å². The number of rotatable bonds is 7. The molecule has 0 atom stereocenters. The van der Waals surface area contributed by atoms with Gasteiger partial charge >= 0.3 is 0 Å². The van der Waals surface area contributed by atoms with E-state index in [1.807, 2.05) is 84.9 Å². The van der Waals surface area contributed by atoms with Gasteiger partial charge in [-0.25, -0.2) is 0 Å². The molecule has 2 heterocycles. The molecule has 3 aromatic carbocycles. The van der Waals surface area contributed by atoms with Gasteiger partial charge in [-0.2, -0.15) is 5.10 Å². The zero-order valence-corrected chi connectivity index (χ0v) is 19.1. The molecule has 1 amide bonds. The van der Waals surface area contributed by atoms with Gasteiger partial charge in [-0.1, -0.05) is 54.2 Å². The Morgan fingerprint density at radius 1 is 0.882 bits per heavy atom. The highest BCUT2D eigenvalue weighted by Crippen LogP contribution is 2.32. The molecule has 2 aromatic heterocycles. The molecule has 166 valence electrons. The van der Waals surface area contributed by atoms with E-state index >= 15 is 0 Å². The predicted molar refractivity (Wildman–Crippen MR) is 139 cm³/mol. The first-order valence-corrected chi connectivity index (χ1v) is 11.7. The Kier molecular flexibility index (Phi) is 6.49. The third-order valence-electron chi connectivity index (χ3n) is 5.22. The number of anilines is 1. The molecule has 0 aliphatic carbocycles. The van der Waals surface area contributed by atoms with Gasteiger partial charge in [0, 0.05) is 27.1 Å². The Hall–Kier alpha value is -4.16. The molecule has 5 rings (SSSR count). The zero-order valence-electron chi connectivity index (χ0n) is 18.3. The summed E-state index contributed by atoms with van der Waals surface area (Å²) < 4.78 is 0. The fourth-order valence-corrected chi connectivity index (χ4v) is 4.53. The summed E-state index contributed by atoms with van der Waals surface area (Å²) in [6.45, 7) is 0. The smallest absolute Gasteiger partial charge is 0.228 e. The number of H-pyrrole nitrogens is 1. The number of hydrogen-bond acceptors (Lipinski definition) is 4. The van der Waals surface area contributed by atoms with Crippen LogP contribution < -0.4 is 5.32 Å². The van der Waals surface area contributed by atoms with Crippen molar-refractivity contribution < 1.29 is 4.79 Å². The number of amides is 1. The topological polar surface area (TPSA) is 70.7 Å². The van der Waals surface area contributed by atoms with Crippen LogP contribution in [0.15, 0.2) is 107 Å². The van der Waals surface area contributed by atoms with E-state index in [1.165, 1.54) is 0 Å². The minimum atomic E-state index is -0.0292. The highest BCUT2D eigenvalue weighted by molar-refractivity contribution is 7.99. The van der Waals surface area contributed by atoms with E-state index in [0.29, 0.717) is 6.42 Å². The first-order valence-electron chi connectivity index (χ1n) is 10.9. The van der Waals surface area contributed by atoms with Crippen molar-refractivity contribution in [3.8, 4) is 0 Å². The van der Waals surface area contributed by atoms with Gasteiger partial charge in [0.25, 0.3) is 0 Å². The number of benzene rings is 3. The Morgan fingerprint density at radius 3 is 2.59 bits per heavy atom. The van der Waals surface area contributed by atoms with Gasteiger partial charge in [0.15, 0.2) is 0 Å². The number of pyridine rings is 1. The van der Waals surface area contributed by atoms with Crippen molar-refractivity contribution in [2.24, 2.45) is 0 Å². The van der Waals surface area contributed by atoms with Crippen molar-refractivity contribution in [2.75, 3.05) is 5.32 Å². The van der Waals surface area contributed by atoms with Gasteiger partial charge in [0.2, 0.25) is 5.91 Å². The maximum absolute atomic E-state index is 12.4. The number of nitrogens with zero attached hydrogens (tertiary/aromatic N) is 2. The third kappa shape index (κ3) is 5.42. The number of carbonyl (C=O) groups is 1. The summed E-state index contributed by atoms with van der Waals surface area (Å²) in [6, 6.07) is 29.7. The normalized spacial score (nSPS) is 11.2. The van der Waals surface area contributed by atoms with E-state index in [9.17, 15) is 4.79 Å². The Bertz CT molecular complexity index is 1450. The summed E-state index contributed by atoms with van der Waals surface area (Å²) in [5.41, 5.74) is 4.52. The van der Waals surface area contributed by atoms with Gasteiger partial charge in [0.1, 0.15) is 0 Å². The van der Waals surface area contributed by atoms with Crippen molar-refractivity contribution in [3.63, 3.8) is 0 Å². The maximum atomic E-state index is 12.4. The van der Waals surface area contributed by atoms with Gasteiger partial charge in [0.05, 0.1) is 23.3 Å². The summed E-state index contributed by atoms with van der Waals surface area (Å²) >= 11 is 1.64. The average Bonchev–Trinajstić information content (AvgIpc) is 3.26. The van der Waals surface area contributed by atoms with Crippen molar-refractivity contribution in [1.29, 1.82) is 0 Å². The lowest BCUT2D eigenvalue weighted by Crippen LogP contribution is -2.14. The average molecular weight is 463 g/mol. The Balaban J connectivity index is 1.27. The number of hydrogen-bond donors (Lipinski definition) is 2. The molecule has 0 fully saturated rings. The van der Waals surface area contributed by atoms with Crippen LogP contribution in [0.4, 0.5) is 5.69 Å². The molecule has 0 radical (unpaired) electrons. The monoisotopic (exact) mass is 462 g/mol. The number of aromatic nitrogens is 3. The summed E-state index contributed by atoms with van der Waals surface area (Å²) in [5.74, 6) is -0.0292. The minimum Gasteiger partial charge on any atom is -0.326 e. The summed E-state index contributed by atoms with van der Waals surface area (Å²) in [4.78, 5) is 18.9. The minimum absolute atomic E-state index is 0.0292. The summed E-state index contributed by atoms with van der Waals surface area (Å²) in [5, 5.41) is 11.6. The lowest BCUT2D eigenvalue weighted by molar-refractivity contribution is -0.115.